The van der Waals surface area contributed by atoms with Crippen molar-refractivity contribution in [2.24, 2.45) is 0 Å². The molecule has 2 rings (SSSR count). The smallest absolute Gasteiger partial charge is 0.315 e. The molecule has 0 saturated carbocycles. The Hall–Kier alpha value is -2.08. The van der Waals surface area contributed by atoms with Crippen LogP contribution in [0.3, 0.4) is 0 Å². The standard InChI is InChI=1S/C15H21N3O3/c1-2-16-15(20)17-11-14(19)12-3-5-13(6-4-12)18-7-9-21-10-8-18/h3-6H,2,7-11H2,1H3,(H2,16,17,20). The van der Waals surface area contributed by atoms with Crippen LogP contribution in [0.2, 0.25) is 0 Å². The molecule has 1 aromatic carbocycles. The molecule has 0 aromatic heterocycles. The van der Waals surface area contributed by atoms with Gasteiger partial charge in [0.05, 0.1) is 19.8 Å². The van der Waals surface area contributed by atoms with Crippen LogP contribution in [0.5, 0.6) is 0 Å². The van der Waals surface area contributed by atoms with Gasteiger partial charge in [0, 0.05) is 30.9 Å². The van der Waals surface area contributed by atoms with Gasteiger partial charge >= 0.3 is 6.03 Å². The van der Waals surface area contributed by atoms with Crippen molar-refractivity contribution in [1.82, 2.24) is 10.6 Å². The van der Waals surface area contributed by atoms with Crippen molar-refractivity contribution in [3.05, 3.63) is 29.8 Å². The first-order valence-corrected chi connectivity index (χ1v) is 7.18. The number of urea groups is 1. The molecule has 0 radical (unpaired) electrons. The summed E-state index contributed by atoms with van der Waals surface area (Å²) < 4.78 is 5.32. The van der Waals surface area contributed by atoms with E-state index in [4.69, 9.17) is 4.74 Å². The summed E-state index contributed by atoms with van der Waals surface area (Å²) in [6.45, 7) is 5.56. The molecule has 0 bridgehead atoms. The molecular weight excluding hydrogens is 270 g/mol. The summed E-state index contributed by atoms with van der Waals surface area (Å²) in [6, 6.07) is 7.14. The van der Waals surface area contributed by atoms with E-state index in [1.165, 1.54) is 0 Å². The van der Waals surface area contributed by atoms with Crippen LogP contribution in [0.4, 0.5) is 10.5 Å². The zero-order valence-electron chi connectivity index (χ0n) is 12.2. The van der Waals surface area contributed by atoms with Crippen molar-refractivity contribution in [3.8, 4) is 0 Å². The molecule has 6 heteroatoms. The minimum atomic E-state index is -0.323. The summed E-state index contributed by atoms with van der Waals surface area (Å²) >= 11 is 0. The van der Waals surface area contributed by atoms with Crippen LogP contribution in [0.25, 0.3) is 0 Å². The number of benzene rings is 1. The Morgan fingerprint density at radius 1 is 1.14 bits per heavy atom. The molecule has 1 fully saturated rings. The minimum Gasteiger partial charge on any atom is -0.378 e. The van der Waals surface area contributed by atoms with E-state index < -0.39 is 0 Å². The van der Waals surface area contributed by atoms with Gasteiger partial charge in [0.15, 0.2) is 5.78 Å². The highest BCUT2D eigenvalue weighted by atomic mass is 16.5. The predicted octanol–water partition coefficient (Wildman–Crippen LogP) is 1.02. The van der Waals surface area contributed by atoms with Gasteiger partial charge in [0.1, 0.15) is 0 Å². The van der Waals surface area contributed by atoms with Crippen LogP contribution < -0.4 is 15.5 Å². The second-order valence-electron chi connectivity index (χ2n) is 4.78. The molecule has 114 valence electrons. The van der Waals surface area contributed by atoms with E-state index in [0.29, 0.717) is 12.1 Å². The molecule has 1 aromatic rings. The quantitative estimate of drug-likeness (QED) is 0.795. The molecule has 21 heavy (non-hydrogen) atoms. The highest BCUT2D eigenvalue weighted by Crippen LogP contribution is 2.16. The molecule has 0 unspecified atom stereocenters. The number of ketones is 1. The maximum absolute atomic E-state index is 12.0. The van der Waals surface area contributed by atoms with E-state index in [1.54, 1.807) is 12.1 Å². The fourth-order valence-electron chi connectivity index (χ4n) is 2.17. The van der Waals surface area contributed by atoms with Crippen LogP contribution in [-0.4, -0.2) is 51.2 Å². The van der Waals surface area contributed by atoms with Gasteiger partial charge in [-0.1, -0.05) is 0 Å². The fourth-order valence-corrected chi connectivity index (χ4v) is 2.17. The Morgan fingerprint density at radius 2 is 1.81 bits per heavy atom. The molecule has 1 heterocycles. The number of Topliss-reactive ketones (excluding diaryl/α,β-unsaturated/α-hetero) is 1. The number of rotatable bonds is 5. The average Bonchev–Trinajstić information content (AvgIpc) is 2.54. The molecular formula is C15H21N3O3. The van der Waals surface area contributed by atoms with Gasteiger partial charge in [-0.3, -0.25) is 4.79 Å². The predicted molar refractivity (Wildman–Crippen MR) is 80.9 cm³/mol. The maximum Gasteiger partial charge on any atom is 0.315 e. The number of nitrogens with one attached hydrogen (secondary N) is 2. The molecule has 2 N–H and O–H groups in total. The first kappa shape index (κ1) is 15.3. The van der Waals surface area contributed by atoms with Crippen molar-refractivity contribution < 1.29 is 14.3 Å². The van der Waals surface area contributed by atoms with E-state index in [9.17, 15) is 9.59 Å². The third kappa shape index (κ3) is 4.46. The summed E-state index contributed by atoms with van der Waals surface area (Å²) in [4.78, 5) is 25.4. The molecule has 2 amide bonds. The third-order valence-electron chi connectivity index (χ3n) is 3.31. The van der Waals surface area contributed by atoms with E-state index in [-0.39, 0.29) is 18.4 Å². The molecule has 0 aliphatic carbocycles. The summed E-state index contributed by atoms with van der Waals surface area (Å²) in [7, 11) is 0. The zero-order valence-corrected chi connectivity index (χ0v) is 12.2. The van der Waals surface area contributed by atoms with Crippen molar-refractivity contribution >= 4 is 17.5 Å². The largest absolute Gasteiger partial charge is 0.378 e. The van der Waals surface area contributed by atoms with Crippen molar-refractivity contribution in [2.45, 2.75) is 6.92 Å². The summed E-state index contributed by atoms with van der Waals surface area (Å²) in [5, 5.41) is 5.12. The van der Waals surface area contributed by atoms with Crippen molar-refractivity contribution in [1.29, 1.82) is 0 Å². The lowest BCUT2D eigenvalue weighted by Crippen LogP contribution is -2.38. The van der Waals surface area contributed by atoms with E-state index in [2.05, 4.69) is 15.5 Å². The summed E-state index contributed by atoms with van der Waals surface area (Å²) in [5.74, 6) is -0.102. The van der Waals surface area contributed by atoms with Crippen LogP contribution in [-0.2, 0) is 4.74 Å². The molecule has 0 atom stereocenters. The molecule has 0 spiro atoms. The number of ether oxygens (including phenoxy) is 1. The SMILES string of the molecule is CCNC(=O)NCC(=O)c1ccc(N2CCOCC2)cc1. The van der Waals surface area contributed by atoms with Crippen LogP contribution in [0.15, 0.2) is 24.3 Å². The number of anilines is 1. The molecule has 1 aliphatic rings. The Labute approximate surface area is 124 Å². The number of hydrogen-bond donors (Lipinski definition) is 2. The monoisotopic (exact) mass is 291 g/mol. The van der Waals surface area contributed by atoms with Crippen LogP contribution in [0.1, 0.15) is 17.3 Å². The van der Waals surface area contributed by atoms with Gasteiger partial charge in [-0.2, -0.15) is 0 Å². The number of amides is 2. The van der Waals surface area contributed by atoms with Gasteiger partial charge in [0.2, 0.25) is 0 Å². The Balaban J connectivity index is 1.88. The average molecular weight is 291 g/mol. The number of nitrogens with zero attached hydrogens (tertiary/aromatic N) is 1. The topological polar surface area (TPSA) is 70.7 Å². The highest BCUT2D eigenvalue weighted by Gasteiger charge is 2.12. The maximum atomic E-state index is 12.0. The Bertz CT molecular complexity index is 481. The van der Waals surface area contributed by atoms with E-state index in [0.717, 1.165) is 32.0 Å². The van der Waals surface area contributed by atoms with Gasteiger partial charge in [-0.25, -0.2) is 4.79 Å². The first-order valence-electron chi connectivity index (χ1n) is 7.18. The first-order chi connectivity index (χ1) is 10.2. The number of carbonyl (C=O) groups excluding carboxylic acids is 2. The van der Waals surface area contributed by atoms with Crippen LogP contribution in [0, 0.1) is 0 Å². The normalized spacial score (nSPS) is 14.6. The summed E-state index contributed by atoms with van der Waals surface area (Å²) in [5.41, 5.74) is 1.69. The number of hydrogen-bond acceptors (Lipinski definition) is 4. The molecule has 6 nitrogen and oxygen atoms in total. The number of carbonyl (C=O) groups is 2. The van der Waals surface area contributed by atoms with Crippen LogP contribution >= 0.6 is 0 Å². The second kappa shape index (κ2) is 7.64. The number of morpholine rings is 1. The lowest BCUT2D eigenvalue weighted by molar-refractivity contribution is 0.0992. The Morgan fingerprint density at radius 3 is 2.43 bits per heavy atom. The lowest BCUT2D eigenvalue weighted by Gasteiger charge is -2.28. The van der Waals surface area contributed by atoms with E-state index >= 15 is 0 Å². The molecule has 1 aliphatic heterocycles. The summed E-state index contributed by atoms with van der Waals surface area (Å²) in [6.07, 6.45) is 0. The van der Waals surface area contributed by atoms with E-state index in [1.807, 2.05) is 19.1 Å². The lowest BCUT2D eigenvalue weighted by atomic mass is 10.1. The van der Waals surface area contributed by atoms with Gasteiger partial charge in [-0.15, -0.1) is 0 Å². The van der Waals surface area contributed by atoms with Crippen molar-refractivity contribution in [2.75, 3.05) is 44.3 Å². The second-order valence-corrected chi connectivity index (χ2v) is 4.78. The highest BCUT2D eigenvalue weighted by molar-refractivity contribution is 5.99. The minimum absolute atomic E-state index is 0.00271. The van der Waals surface area contributed by atoms with Gasteiger partial charge in [0.25, 0.3) is 0 Å². The van der Waals surface area contributed by atoms with Gasteiger partial charge < -0.3 is 20.3 Å². The Kier molecular flexibility index (Phi) is 5.57. The molecule has 1 saturated heterocycles. The zero-order chi connectivity index (χ0) is 15.1. The van der Waals surface area contributed by atoms with Gasteiger partial charge in [-0.05, 0) is 31.2 Å². The third-order valence-corrected chi connectivity index (χ3v) is 3.31. The van der Waals surface area contributed by atoms with Crippen molar-refractivity contribution in [3.63, 3.8) is 0 Å². The fraction of sp³-hybridized carbons (Fsp3) is 0.467.